The summed E-state index contributed by atoms with van der Waals surface area (Å²) in [5.74, 6) is -3.01. The van der Waals surface area contributed by atoms with E-state index in [0.29, 0.717) is 0 Å². The fourth-order valence-corrected chi connectivity index (χ4v) is 0.668. The van der Waals surface area contributed by atoms with E-state index >= 15 is 0 Å². The van der Waals surface area contributed by atoms with Crippen LogP contribution in [0.1, 0.15) is 0 Å². The van der Waals surface area contributed by atoms with Gasteiger partial charge in [0.2, 0.25) is 11.9 Å². The van der Waals surface area contributed by atoms with Crippen molar-refractivity contribution in [2.75, 3.05) is 0 Å². The molecule has 0 aliphatic carbocycles. The van der Waals surface area contributed by atoms with Crippen molar-refractivity contribution in [3.8, 4) is 0 Å². The molecule has 11 heavy (non-hydrogen) atoms. The molecule has 0 spiro atoms. The van der Waals surface area contributed by atoms with Crippen molar-refractivity contribution in [3.05, 3.63) is 11.5 Å². The van der Waals surface area contributed by atoms with E-state index in [4.69, 9.17) is 20.4 Å². The molecule has 0 radical (unpaired) electrons. The monoisotopic (exact) mass is 162 g/mol. The lowest BCUT2D eigenvalue weighted by atomic mass is 10.3. The first-order chi connectivity index (χ1) is 5.04. The largest absolute Gasteiger partial charge is 0.505 e. The number of carbonyl (C=O) groups excluding carboxylic acids is 1. The van der Waals surface area contributed by atoms with Gasteiger partial charge in [0, 0.05) is 0 Å². The van der Waals surface area contributed by atoms with E-state index in [0.717, 1.165) is 0 Å². The maximum Gasteiger partial charge on any atom is 0.378 e. The Bertz CT molecular complexity index is 217. The van der Waals surface area contributed by atoms with Crippen LogP contribution in [-0.2, 0) is 9.53 Å². The van der Waals surface area contributed by atoms with Gasteiger partial charge in [-0.25, -0.2) is 4.79 Å². The number of aliphatic hydroxyl groups excluding tert-OH is 3. The minimum absolute atomic E-state index is 0.856. The molecule has 0 amide bonds. The second-order valence-electron chi connectivity index (χ2n) is 1.97. The second kappa shape index (κ2) is 2.40. The number of hydrogen-bond donors (Lipinski definition) is 4. The molecule has 0 saturated carbocycles. The lowest BCUT2D eigenvalue weighted by Gasteiger charge is -2.10. The van der Waals surface area contributed by atoms with Gasteiger partial charge in [0.25, 0.3) is 0 Å². The number of ether oxygens (including phenoxy) is 1. The molecule has 1 atom stereocenters. The molecule has 0 fully saturated rings. The summed E-state index contributed by atoms with van der Waals surface area (Å²) in [5.41, 5.74) is 0. The van der Waals surface area contributed by atoms with Crippen LogP contribution >= 0.6 is 0 Å². The number of hydrogen-bond acceptors (Lipinski definition) is 6. The highest BCUT2D eigenvalue weighted by Crippen LogP contribution is 2.19. The topological polar surface area (TPSA) is 107 Å². The van der Waals surface area contributed by atoms with Crippen LogP contribution in [-0.4, -0.2) is 38.8 Å². The quantitative estimate of drug-likeness (QED) is 0.277. The van der Waals surface area contributed by atoms with Gasteiger partial charge in [-0.05, 0) is 0 Å². The molecule has 1 aliphatic heterocycles. The van der Waals surface area contributed by atoms with Crippen LogP contribution in [0.15, 0.2) is 11.5 Å². The average molecular weight is 162 g/mol. The van der Waals surface area contributed by atoms with Crippen LogP contribution in [0.25, 0.3) is 0 Å². The summed E-state index contributed by atoms with van der Waals surface area (Å²) in [6.45, 7) is 0. The molecular formula is C5H6O6. The van der Waals surface area contributed by atoms with Crippen LogP contribution < -0.4 is 0 Å². The SMILES string of the molecule is O=C1OC(C(O)O)C(O)=C1O. The van der Waals surface area contributed by atoms with Crippen molar-refractivity contribution in [2.24, 2.45) is 0 Å². The maximum atomic E-state index is 10.4. The van der Waals surface area contributed by atoms with Crippen LogP contribution in [0.3, 0.4) is 0 Å². The Hall–Kier alpha value is -1.27. The number of carbonyl (C=O) groups is 1. The molecule has 1 unspecified atom stereocenters. The molecule has 1 heterocycles. The van der Waals surface area contributed by atoms with Crippen molar-refractivity contribution >= 4 is 5.97 Å². The first-order valence-corrected chi connectivity index (χ1v) is 2.73. The van der Waals surface area contributed by atoms with Crippen LogP contribution in [0.5, 0.6) is 0 Å². The number of rotatable bonds is 1. The molecule has 0 aromatic heterocycles. The highest BCUT2D eigenvalue weighted by Gasteiger charge is 2.38. The molecule has 62 valence electrons. The standard InChI is InChI=1S/C5H6O6/c6-1-2(7)5(10)11-3(1)4(8)9/h3-4,6-9H. The molecule has 6 nitrogen and oxygen atoms in total. The molecule has 1 aliphatic rings. The highest BCUT2D eigenvalue weighted by atomic mass is 16.6. The molecule has 0 aromatic carbocycles. The van der Waals surface area contributed by atoms with Crippen molar-refractivity contribution < 1.29 is 30.0 Å². The minimum atomic E-state index is -2.02. The van der Waals surface area contributed by atoms with E-state index < -0.39 is 29.9 Å². The Morgan fingerprint density at radius 3 is 2.09 bits per heavy atom. The number of esters is 1. The van der Waals surface area contributed by atoms with Gasteiger partial charge in [0.15, 0.2) is 12.0 Å². The van der Waals surface area contributed by atoms with Crippen molar-refractivity contribution in [2.45, 2.75) is 12.4 Å². The summed E-state index contributed by atoms with van der Waals surface area (Å²) in [6.07, 6.45) is -3.59. The van der Waals surface area contributed by atoms with E-state index in [1.165, 1.54) is 0 Å². The van der Waals surface area contributed by atoms with E-state index in [1.54, 1.807) is 0 Å². The van der Waals surface area contributed by atoms with Gasteiger partial charge in [-0.2, -0.15) is 0 Å². The molecule has 0 saturated heterocycles. The van der Waals surface area contributed by atoms with E-state index in [9.17, 15) is 4.79 Å². The Morgan fingerprint density at radius 2 is 1.91 bits per heavy atom. The first-order valence-electron chi connectivity index (χ1n) is 2.73. The molecule has 6 heteroatoms. The molecule has 0 bridgehead atoms. The zero-order chi connectivity index (χ0) is 8.59. The number of cyclic esters (lactones) is 1. The minimum Gasteiger partial charge on any atom is -0.505 e. The zero-order valence-electron chi connectivity index (χ0n) is 5.26. The van der Waals surface area contributed by atoms with Crippen LogP contribution in [0.2, 0.25) is 0 Å². The second-order valence-corrected chi connectivity index (χ2v) is 1.97. The lowest BCUT2D eigenvalue weighted by molar-refractivity contribution is -0.163. The molecule has 0 aromatic rings. The Kier molecular flexibility index (Phi) is 1.71. The lowest BCUT2D eigenvalue weighted by Crippen LogP contribution is -2.27. The van der Waals surface area contributed by atoms with E-state index in [-0.39, 0.29) is 0 Å². The van der Waals surface area contributed by atoms with Crippen molar-refractivity contribution in [1.82, 2.24) is 0 Å². The number of aliphatic hydroxyl groups is 4. The van der Waals surface area contributed by atoms with Gasteiger partial charge in [0.1, 0.15) is 0 Å². The third kappa shape index (κ3) is 1.13. The molecular weight excluding hydrogens is 156 g/mol. The highest BCUT2D eigenvalue weighted by molar-refractivity contribution is 5.89. The summed E-state index contributed by atoms with van der Waals surface area (Å²) < 4.78 is 4.13. The van der Waals surface area contributed by atoms with Gasteiger partial charge in [-0.1, -0.05) is 0 Å². The fraction of sp³-hybridized carbons (Fsp3) is 0.400. The van der Waals surface area contributed by atoms with Gasteiger partial charge >= 0.3 is 5.97 Å². The predicted molar refractivity (Wildman–Crippen MR) is 30.4 cm³/mol. The summed E-state index contributed by atoms with van der Waals surface area (Å²) >= 11 is 0. The fourth-order valence-electron chi connectivity index (χ4n) is 0.668. The summed E-state index contributed by atoms with van der Waals surface area (Å²) in [4.78, 5) is 10.4. The Balaban J connectivity index is 2.86. The van der Waals surface area contributed by atoms with Crippen molar-refractivity contribution in [1.29, 1.82) is 0 Å². The first kappa shape index (κ1) is 7.83. The summed E-state index contributed by atoms with van der Waals surface area (Å²) in [7, 11) is 0. The Morgan fingerprint density at radius 1 is 1.36 bits per heavy atom. The smallest absolute Gasteiger partial charge is 0.378 e. The maximum absolute atomic E-state index is 10.4. The molecule has 4 N–H and O–H groups in total. The third-order valence-electron chi connectivity index (χ3n) is 1.21. The Labute approximate surface area is 61.0 Å². The summed E-state index contributed by atoms with van der Waals surface area (Å²) in [6, 6.07) is 0. The van der Waals surface area contributed by atoms with Gasteiger partial charge in [-0.15, -0.1) is 0 Å². The van der Waals surface area contributed by atoms with Crippen LogP contribution in [0.4, 0.5) is 0 Å². The zero-order valence-corrected chi connectivity index (χ0v) is 5.26. The van der Waals surface area contributed by atoms with Crippen molar-refractivity contribution in [3.63, 3.8) is 0 Å². The van der Waals surface area contributed by atoms with Gasteiger partial charge in [0.05, 0.1) is 0 Å². The van der Waals surface area contributed by atoms with E-state index in [1.807, 2.05) is 0 Å². The predicted octanol–water partition coefficient (Wildman–Crippen LogP) is -1.45. The van der Waals surface area contributed by atoms with E-state index in [2.05, 4.69) is 4.74 Å². The van der Waals surface area contributed by atoms with Gasteiger partial charge < -0.3 is 25.2 Å². The van der Waals surface area contributed by atoms with Gasteiger partial charge in [-0.3, -0.25) is 0 Å². The molecule has 1 rings (SSSR count). The summed E-state index contributed by atoms with van der Waals surface area (Å²) in [5, 5.41) is 34.2. The average Bonchev–Trinajstić information content (AvgIpc) is 2.17. The third-order valence-corrected chi connectivity index (χ3v) is 1.21. The van der Waals surface area contributed by atoms with Crippen LogP contribution in [0, 0.1) is 0 Å². The normalized spacial score (nSPS) is 24.6.